The lowest BCUT2D eigenvalue weighted by molar-refractivity contribution is -0.142. The molecule has 2 fully saturated rings. The normalized spacial score (nSPS) is 22.3. The predicted molar refractivity (Wildman–Crippen MR) is 136 cm³/mol. The first kappa shape index (κ1) is 27.2. The number of hydrogen-bond acceptors (Lipinski definition) is 7. The van der Waals surface area contributed by atoms with Gasteiger partial charge in [-0.3, -0.25) is 9.59 Å². The molecule has 2 aromatic rings. The Hall–Kier alpha value is -2.89. The van der Waals surface area contributed by atoms with Crippen molar-refractivity contribution in [3.8, 4) is 0 Å². The number of aryl methyl sites for hydroxylation is 1. The Labute approximate surface area is 217 Å². The van der Waals surface area contributed by atoms with E-state index in [1.165, 1.54) is 21.7 Å². The first-order valence-electron chi connectivity index (χ1n) is 13.1. The number of nitrogens with one attached hydrogen (secondary N) is 2. The van der Waals surface area contributed by atoms with E-state index in [0.717, 1.165) is 38.3 Å². The van der Waals surface area contributed by atoms with E-state index >= 15 is 0 Å². The molecule has 2 amide bonds. The fourth-order valence-corrected chi connectivity index (χ4v) is 5.21. The number of likely N-dealkylation sites (tertiary alicyclic amines) is 1. The van der Waals surface area contributed by atoms with Gasteiger partial charge in [0.05, 0.1) is 17.8 Å². The SMILES string of the molecule is Cc1cn([C@H](C(=O)N2C[C@H](O)C[C@H]2C(=O)N[C@@H](CCN2CCNCC2)c2ccc(F)cc2)C(C)C)nn1. The van der Waals surface area contributed by atoms with Crippen LogP contribution in [0.5, 0.6) is 0 Å². The summed E-state index contributed by atoms with van der Waals surface area (Å²) in [5.74, 6) is -1.02. The van der Waals surface area contributed by atoms with Crippen LogP contribution in [0.25, 0.3) is 0 Å². The van der Waals surface area contributed by atoms with Gasteiger partial charge in [-0.2, -0.15) is 0 Å². The van der Waals surface area contributed by atoms with Crippen molar-refractivity contribution in [1.29, 1.82) is 0 Å². The molecule has 0 aliphatic carbocycles. The number of nitrogens with zero attached hydrogens (tertiary/aromatic N) is 5. The number of halogens is 1. The Morgan fingerprint density at radius 2 is 1.92 bits per heavy atom. The average Bonchev–Trinajstić information content (AvgIpc) is 3.48. The number of aromatic nitrogens is 3. The summed E-state index contributed by atoms with van der Waals surface area (Å²) >= 11 is 0. The highest BCUT2D eigenvalue weighted by Crippen LogP contribution is 2.27. The quantitative estimate of drug-likeness (QED) is 0.457. The Kier molecular flexibility index (Phi) is 8.88. The summed E-state index contributed by atoms with van der Waals surface area (Å²) in [5, 5.41) is 25.0. The van der Waals surface area contributed by atoms with Crippen molar-refractivity contribution in [2.75, 3.05) is 39.3 Å². The molecule has 0 spiro atoms. The van der Waals surface area contributed by atoms with E-state index in [2.05, 4.69) is 25.8 Å². The Balaban J connectivity index is 1.51. The summed E-state index contributed by atoms with van der Waals surface area (Å²) in [7, 11) is 0. The molecule has 3 heterocycles. The van der Waals surface area contributed by atoms with E-state index in [4.69, 9.17) is 0 Å². The molecule has 1 aromatic heterocycles. The molecule has 2 saturated heterocycles. The highest BCUT2D eigenvalue weighted by molar-refractivity contribution is 5.90. The monoisotopic (exact) mass is 515 g/mol. The van der Waals surface area contributed by atoms with Crippen molar-refractivity contribution < 1.29 is 19.1 Å². The van der Waals surface area contributed by atoms with Crippen LogP contribution >= 0.6 is 0 Å². The zero-order valence-electron chi connectivity index (χ0n) is 21.8. The number of rotatable bonds is 9. The zero-order chi connectivity index (χ0) is 26.5. The molecule has 2 aliphatic heterocycles. The minimum atomic E-state index is -0.810. The van der Waals surface area contributed by atoms with Gasteiger partial charge < -0.3 is 25.5 Å². The lowest BCUT2D eigenvalue weighted by Crippen LogP contribution is -2.50. The van der Waals surface area contributed by atoms with Gasteiger partial charge >= 0.3 is 0 Å². The maximum absolute atomic E-state index is 13.7. The van der Waals surface area contributed by atoms with Crippen LogP contribution in [0.2, 0.25) is 0 Å². The van der Waals surface area contributed by atoms with Crippen LogP contribution in [-0.2, 0) is 9.59 Å². The van der Waals surface area contributed by atoms with Crippen LogP contribution in [0.3, 0.4) is 0 Å². The summed E-state index contributed by atoms with van der Waals surface area (Å²) in [5.41, 5.74) is 1.50. The Morgan fingerprint density at radius 3 is 2.54 bits per heavy atom. The van der Waals surface area contributed by atoms with Gasteiger partial charge in [0.2, 0.25) is 11.8 Å². The molecule has 10 nitrogen and oxygen atoms in total. The van der Waals surface area contributed by atoms with Gasteiger partial charge in [0.25, 0.3) is 0 Å². The molecule has 37 heavy (non-hydrogen) atoms. The number of carbonyl (C=O) groups is 2. The van der Waals surface area contributed by atoms with E-state index in [9.17, 15) is 19.1 Å². The van der Waals surface area contributed by atoms with Gasteiger partial charge in [0, 0.05) is 51.9 Å². The van der Waals surface area contributed by atoms with Crippen LogP contribution in [0.4, 0.5) is 4.39 Å². The fraction of sp³-hybridized carbons (Fsp3) is 0.615. The predicted octanol–water partition coefficient (Wildman–Crippen LogP) is 1.04. The van der Waals surface area contributed by atoms with Crippen molar-refractivity contribution in [3.63, 3.8) is 0 Å². The molecular weight excluding hydrogens is 477 g/mol. The second kappa shape index (κ2) is 12.1. The first-order valence-corrected chi connectivity index (χ1v) is 13.1. The van der Waals surface area contributed by atoms with Crippen LogP contribution in [-0.4, -0.2) is 93.1 Å². The minimum Gasteiger partial charge on any atom is -0.391 e. The summed E-state index contributed by atoms with van der Waals surface area (Å²) in [6, 6.07) is 4.36. The molecule has 0 unspecified atom stereocenters. The maximum Gasteiger partial charge on any atom is 0.248 e. The number of amides is 2. The summed E-state index contributed by atoms with van der Waals surface area (Å²) in [6.45, 7) is 10.2. The molecule has 0 saturated carbocycles. The van der Waals surface area contributed by atoms with Crippen molar-refractivity contribution in [1.82, 2.24) is 35.4 Å². The zero-order valence-corrected chi connectivity index (χ0v) is 21.8. The number of aliphatic hydroxyl groups excluding tert-OH is 1. The maximum atomic E-state index is 13.7. The largest absolute Gasteiger partial charge is 0.391 e. The lowest BCUT2D eigenvalue weighted by atomic mass is 10.0. The van der Waals surface area contributed by atoms with Crippen LogP contribution in [0.1, 0.15) is 50.0 Å². The topological polar surface area (TPSA) is 116 Å². The van der Waals surface area contributed by atoms with E-state index in [0.29, 0.717) is 12.1 Å². The third-order valence-corrected chi connectivity index (χ3v) is 7.19. The lowest BCUT2D eigenvalue weighted by Gasteiger charge is -2.32. The van der Waals surface area contributed by atoms with E-state index in [1.54, 1.807) is 25.3 Å². The van der Waals surface area contributed by atoms with Gasteiger partial charge in [-0.05, 0) is 37.0 Å². The average molecular weight is 516 g/mol. The molecule has 202 valence electrons. The molecule has 0 radical (unpaired) electrons. The second-order valence-electron chi connectivity index (χ2n) is 10.4. The Morgan fingerprint density at radius 1 is 1.22 bits per heavy atom. The van der Waals surface area contributed by atoms with Crippen LogP contribution in [0.15, 0.2) is 30.5 Å². The number of β-amino-alcohol motifs (C(OH)–C–C–N with tert-alkyl or cyclic N) is 1. The highest BCUT2D eigenvalue weighted by atomic mass is 19.1. The Bertz CT molecular complexity index is 1050. The highest BCUT2D eigenvalue weighted by Gasteiger charge is 2.43. The molecule has 4 atom stereocenters. The first-order chi connectivity index (χ1) is 17.7. The van der Waals surface area contributed by atoms with Crippen LogP contribution in [0, 0.1) is 18.7 Å². The van der Waals surface area contributed by atoms with Crippen molar-refractivity contribution >= 4 is 11.8 Å². The molecular formula is C26H38FN7O3. The van der Waals surface area contributed by atoms with Gasteiger partial charge in [0.1, 0.15) is 17.9 Å². The molecule has 11 heteroatoms. The number of aliphatic hydroxyl groups is 1. The van der Waals surface area contributed by atoms with Crippen molar-refractivity contribution in [3.05, 3.63) is 47.5 Å². The van der Waals surface area contributed by atoms with Crippen molar-refractivity contribution in [2.24, 2.45) is 5.92 Å². The summed E-state index contributed by atoms with van der Waals surface area (Å²) in [6.07, 6.45) is 1.72. The number of benzene rings is 1. The summed E-state index contributed by atoms with van der Waals surface area (Å²) < 4.78 is 15.2. The molecule has 4 rings (SSSR count). The third kappa shape index (κ3) is 6.71. The van der Waals surface area contributed by atoms with Gasteiger partial charge in [-0.15, -0.1) is 5.10 Å². The van der Waals surface area contributed by atoms with E-state index < -0.39 is 18.2 Å². The van der Waals surface area contributed by atoms with E-state index in [1.807, 2.05) is 13.8 Å². The molecule has 0 bridgehead atoms. The van der Waals surface area contributed by atoms with Crippen molar-refractivity contribution in [2.45, 2.75) is 57.8 Å². The number of carbonyl (C=O) groups excluding carboxylic acids is 2. The minimum absolute atomic E-state index is 0.0792. The van der Waals surface area contributed by atoms with Gasteiger partial charge in [0.15, 0.2) is 0 Å². The smallest absolute Gasteiger partial charge is 0.248 e. The van der Waals surface area contributed by atoms with Crippen LogP contribution < -0.4 is 10.6 Å². The molecule has 3 N–H and O–H groups in total. The van der Waals surface area contributed by atoms with Gasteiger partial charge in [-0.25, -0.2) is 9.07 Å². The molecule has 1 aromatic carbocycles. The number of piperazine rings is 1. The fourth-order valence-electron chi connectivity index (χ4n) is 5.21. The van der Waals surface area contributed by atoms with Gasteiger partial charge in [-0.1, -0.05) is 31.2 Å². The standard InChI is InChI=1S/C26H38FN7O3/c1-17(2)24(34-15-18(3)30-31-34)26(37)33-16-21(35)14-23(33)25(36)29-22(19-4-6-20(27)7-5-19)8-11-32-12-9-28-10-13-32/h4-7,15,17,21-24,28,35H,8-14,16H2,1-3H3,(H,29,36)/t21-,22+,23+,24+/m1/s1. The second-order valence-corrected chi connectivity index (χ2v) is 10.4. The summed E-state index contributed by atoms with van der Waals surface area (Å²) in [4.78, 5) is 31.1. The third-order valence-electron chi connectivity index (χ3n) is 7.19. The molecule has 2 aliphatic rings. The van der Waals surface area contributed by atoms with E-state index in [-0.39, 0.29) is 42.6 Å². The number of hydrogen-bond donors (Lipinski definition) is 3.